The van der Waals surface area contributed by atoms with Crippen molar-refractivity contribution in [3.8, 4) is 0 Å². The van der Waals surface area contributed by atoms with Crippen molar-refractivity contribution in [1.29, 1.82) is 0 Å². The topological polar surface area (TPSA) is 49.4 Å². The van der Waals surface area contributed by atoms with Crippen LogP contribution in [0.2, 0.25) is 5.02 Å². The normalized spacial score (nSPS) is 23.1. The molecule has 1 aromatic carbocycles. The quantitative estimate of drug-likeness (QED) is 0.931. The third kappa shape index (κ3) is 2.66. The SMILES string of the molecule is CCC1NC(=O)C(C(C)C)N(c2cccc(Cl)c2)C1=O. The monoisotopic (exact) mass is 294 g/mol. The second-order valence-electron chi connectivity index (χ2n) is 5.35. The van der Waals surface area contributed by atoms with E-state index < -0.39 is 12.1 Å². The van der Waals surface area contributed by atoms with Gasteiger partial charge in [-0.25, -0.2) is 0 Å². The lowest BCUT2D eigenvalue weighted by Gasteiger charge is -2.40. The Morgan fingerprint density at radius 2 is 2.05 bits per heavy atom. The van der Waals surface area contributed by atoms with Crippen molar-refractivity contribution >= 4 is 29.1 Å². The van der Waals surface area contributed by atoms with E-state index in [9.17, 15) is 9.59 Å². The van der Waals surface area contributed by atoms with Crippen molar-refractivity contribution in [2.24, 2.45) is 5.92 Å². The summed E-state index contributed by atoms with van der Waals surface area (Å²) in [6, 6.07) is 6.11. The average molecular weight is 295 g/mol. The third-order valence-corrected chi connectivity index (χ3v) is 3.76. The molecule has 2 unspecified atom stereocenters. The summed E-state index contributed by atoms with van der Waals surface area (Å²) in [5, 5.41) is 3.35. The molecule has 1 aromatic rings. The second kappa shape index (κ2) is 5.83. The first-order valence-corrected chi connectivity index (χ1v) is 7.22. The highest BCUT2D eigenvalue weighted by atomic mass is 35.5. The van der Waals surface area contributed by atoms with Crippen LogP contribution in [-0.2, 0) is 9.59 Å². The predicted octanol–water partition coefficient (Wildman–Crippen LogP) is 2.61. The molecule has 1 aliphatic rings. The van der Waals surface area contributed by atoms with Gasteiger partial charge in [-0.3, -0.25) is 14.5 Å². The van der Waals surface area contributed by atoms with Crippen LogP contribution in [0.25, 0.3) is 0 Å². The minimum atomic E-state index is -0.497. The maximum atomic E-state index is 12.6. The van der Waals surface area contributed by atoms with Gasteiger partial charge in [0.15, 0.2) is 0 Å². The molecule has 20 heavy (non-hydrogen) atoms. The fraction of sp³-hybridized carbons (Fsp3) is 0.467. The van der Waals surface area contributed by atoms with E-state index >= 15 is 0 Å². The molecule has 0 radical (unpaired) electrons. The molecule has 0 spiro atoms. The van der Waals surface area contributed by atoms with Gasteiger partial charge in [-0.15, -0.1) is 0 Å². The molecule has 1 heterocycles. The van der Waals surface area contributed by atoms with Gasteiger partial charge in [-0.05, 0) is 30.5 Å². The fourth-order valence-corrected chi connectivity index (χ4v) is 2.72. The summed E-state index contributed by atoms with van der Waals surface area (Å²) in [7, 11) is 0. The number of halogens is 1. The molecule has 2 amide bonds. The molecule has 1 N–H and O–H groups in total. The molecular formula is C15H19ClN2O2. The highest BCUT2D eigenvalue weighted by molar-refractivity contribution is 6.31. The Hall–Kier alpha value is -1.55. The smallest absolute Gasteiger partial charge is 0.250 e. The Labute approximate surface area is 124 Å². The summed E-state index contributed by atoms with van der Waals surface area (Å²) in [6.45, 7) is 5.75. The first kappa shape index (κ1) is 14.9. The van der Waals surface area contributed by atoms with Crippen LogP contribution in [0.1, 0.15) is 27.2 Å². The molecule has 2 rings (SSSR count). The van der Waals surface area contributed by atoms with E-state index in [1.165, 1.54) is 0 Å². The van der Waals surface area contributed by atoms with Gasteiger partial charge < -0.3 is 5.32 Å². The predicted molar refractivity (Wildman–Crippen MR) is 79.8 cm³/mol. The molecule has 1 saturated heterocycles. The van der Waals surface area contributed by atoms with Crippen molar-refractivity contribution in [1.82, 2.24) is 5.32 Å². The molecule has 108 valence electrons. The zero-order chi connectivity index (χ0) is 14.9. The number of piperazine rings is 1. The maximum Gasteiger partial charge on any atom is 0.250 e. The van der Waals surface area contributed by atoms with Gasteiger partial charge in [0.05, 0.1) is 0 Å². The number of anilines is 1. The molecule has 1 fully saturated rings. The summed E-state index contributed by atoms with van der Waals surface area (Å²) in [5.41, 5.74) is 0.675. The van der Waals surface area contributed by atoms with Crippen molar-refractivity contribution < 1.29 is 9.59 Å². The van der Waals surface area contributed by atoms with Crippen LogP contribution in [0.4, 0.5) is 5.69 Å². The van der Waals surface area contributed by atoms with Gasteiger partial charge in [0.25, 0.3) is 0 Å². The van der Waals surface area contributed by atoms with E-state index in [4.69, 9.17) is 11.6 Å². The first-order chi connectivity index (χ1) is 9.45. The Balaban J connectivity index is 2.47. The minimum Gasteiger partial charge on any atom is -0.342 e. The van der Waals surface area contributed by atoms with E-state index in [2.05, 4.69) is 5.32 Å². The number of nitrogens with zero attached hydrogens (tertiary/aromatic N) is 1. The van der Waals surface area contributed by atoms with Crippen LogP contribution in [0.15, 0.2) is 24.3 Å². The van der Waals surface area contributed by atoms with E-state index in [0.717, 1.165) is 0 Å². The van der Waals surface area contributed by atoms with Gasteiger partial charge in [-0.1, -0.05) is 38.4 Å². The number of rotatable bonds is 3. The number of carbonyl (C=O) groups is 2. The molecule has 4 nitrogen and oxygen atoms in total. The molecule has 2 atom stereocenters. The van der Waals surface area contributed by atoms with Crippen LogP contribution >= 0.6 is 11.6 Å². The molecule has 1 aliphatic heterocycles. The van der Waals surface area contributed by atoms with Crippen molar-refractivity contribution in [3.63, 3.8) is 0 Å². The Kier molecular flexibility index (Phi) is 4.33. The second-order valence-corrected chi connectivity index (χ2v) is 5.78. The van der Waals surface area contributed by atoms with E-state index in [1.54, 1.807) is 23.1 Å². The number of amides is 2. The fourth-order valence-electron chi connectivity index (χ4n) is 2.53. The standard InChI is InChI=1S/C15H19ClN2O2/c1-4-12-15(20)18(11-7-5-6-10(16)8-11)13(9(2)3)14(19)17-12/h5-9,12-13H,4H2,1-3H3,(H,17,19). The summed E-state index contributed by atoms with van der Waals surface area (Å²) in [4.78, 5) is 26.5. The Morgan fingerprint density at radius 3 is 2.60 bits per heavy atom. The van der Waals surface area contributed by atoms with Crippen molar-refractivity contribution in [3.05, 3.63) is 29.3 Å². The molecule has 0 aromatic heterocycles. The molecular weight excluding hydrogens is 276 g/mol. The first-order valence-electron chi connectivity index (χ1n) is 6.84. The number of carbonyl (C=O) groups excluding carboxylic acids is 2. The van der Waals surface area contributed by atoms with Gasteiger partial charge in [0.1, 0.15) is 12.1 Å². The largest absolute Gasteiger partial charge is 0.342 e. The van der Waals surface area contributed by atoms with Crippen LogP contribution < -0.4 is 10.2 Å². The van der Waals surface area contributed by atoms with Gasteiger partial charge in [0.2, 0.25) is 11.8 Å². The molecule has 5 heteroatoms. The lowest BCUT2D eigenvalue weighted by molar-refractivity contribution is -0.134. The summed E-state index contributed by atoms with van der Waals surface area (Å²) in [6.07, 6.45) is 0.576. The van der Waals surface area contributed by atoms with Crippen molar-refractivity contribution in [2.75, 3.05) is 4.90 Å². The zero-order valence-electron chi connectivity index (χ0n) is 11.9. The Bertz CT molecular complexity index is 530. The van der Waals surface area contributed by atoms with Crippen molar-refractivity contribution in [2.45, 2.75) is 39.3 Å². The average Bonchev–Trinajstić information content (AvgIpc) is 2.40. The number of hydrogen-bond acceptors (Lipinski definition) is 2. The summed E-state index contributed by atoms with van der Waals surface area (Å²) < 4.78 is 0. The van der Waals surface area contributed by atoms with Crippen LogP contribution in [0, 0.1) is 5.92 Å². The highest BCUT2D eigenvalue weighted by Crippen LogP contribution is 2.28. The minimum absolute atomic E-state index is 0.0238. The zero-order valence-corrected chi connectivity index (χ0v) is 12.6. The van der Waals surface area contributed by atoms with Gasteiger partial charge in [-0.2, -0.15) is 0 Å². The summed E-state index contributed by atoms with van der Waals surface area (Å²) >= 11 is 6.01. The lowest BCUT2D eigenvalue weighted by atomic mass is 9.95. The van der Waals surface area contributed by atoms with E-state index in [-0.39, 0.29) is 17.7 Å². The number of nitrogens with one attached hydrogen (secondary N) is 1. The molecule has 0 bridgehead atoms. The molecule has 0 saturated carbocycles. The third-order valence-electron chi connectivity index (χ3n) is 3.52. The van der Waals surface area contributed by atoms with Crippen LogP contribution in [-0.4, -0.2) is 23.9 Å². The van der Waals surface area contributed by atoms with E-state index in [0.29, 0.717) is 17.1 Å². The Morgan fingerprint density at radius 1 is 1.35 bits per heavy atom. The van der Waals surface area contributed by atoms with Gasteiger partial charge >= 0.3 is 0 Å². The maximum absolute atomic E-state index is 12.6. The van der Waals surface area contributed by atoms with Gasteiger partial charge in [0, 0.05) is 10.7 Å². The lowest BCUT2D eigenvalue weighted by Crippen LogP contribution is -2.65. The molecule has 0 aliphatic carbocycles. The van der Waals surface area contributed by atoms with E-state index in [1.807, 2.05) is 26.8 Å². The summed E-state index contributed by atoms with van der Waals surface area (Å²) in [5.74, 6) is -0.157. The highest BCUT2D eigenvalue weighted by Gasteiger charge is 2.42. The number of hydrogen-bond donors (Lipinski definition) is 1. The van der Waals surface area contributed by atoms with Crippen LogP contribution in [0.3, 0.4) is 0 Å². The van der Waals surface area contributed by atoms with Crippen LogP contribution in [0.5, 0.6) is 0 Å². The number of benzene rings is 1.